The van der Waals surface area contributed by atoms with Crippen LogP contribution in [-0.2, 0) is 4.74 Å². The molecule has 0 aliphatic heterocycles. The number of hydrogen-bond donors (Lipinski definition) is 2. The third-order valence-electron chi connectivity index (χ3n) is 2.65. The number of rotatable bonds is 3. The van der Waals surface area contributed by atoms with E-state index in [-0.39, 0.29) is 17.4 Å². The predicted octanol–water partition coefficient (Wildman–Crippen LogP) is 2.78. The summed E-state index contributed by atoms with van der Waals surface area (Å²) in [6, 6.07) is 2.78. The van der Waals surface area contributed by atoms with E-state index in [2.05, 4.69) is 39.6 Å². The molecule has 3 aromatic rings. The first-order valence-corrected chi connectivity index (χ1v) is 6.97. The van der Waals surface area contributed by atoms with Crippen molar-refractivity contribution in [3.8, 4) is 5.75 Å². The van der Waals surface area contributed by atoms with E-state index >= 15 is 0 Å². The van der Waals surface area contributed by atoms with Crippen LogP contribution < -0.4 is 5.32 Å². The number of hydrogen-bond acceptors (Lipinski definition) is 10. The van der Waals surface area contributed by atoms with Crippen molar-refractivity contribution in [3.05, 3.63) is 24.7 Å². The number of nitrogens with zero attached hydrogens (tertiary/aromatic N) is 6. The van der Waals surface area contributed by atoms with E-state index in [0.29, 0.717) is 16.0 Å². The number of aromatic nitrogens is 4. The van der Waals surface area contributed by atoms with Gasteiger partial charge in [-0.2, -0.15) is 4.37 Å². The van der Waals surface area contributed by atoms with Gasteiger partial charge in [0.1, 0.15) is 6.33 Å². The summed E-state index contributed by atoms with van der Waals surface area (Å²) in [7, 11) is 1.20. The van der Waals surface area contributed by atoms with Gasteiger partial charge in [0.05, 0.1) is 12.5 Å². The van der Waals surface area contributed by atoms with Gasteiger partial charge in [-0.15, -0.1) is 10.2 Å². The summed E-state index contributed by atoms with van der Waals surface area (Å²) >= 11 is 1.12. The first kappa shape index (κ1) is 14.7. The summed E-state index contributed by atoms with van der Waals surface area (Å²) < 4.78 is 8.56. The number of amides is 1. The predicted molar refractivity (Wildman–Crippen MR) is 81.3 cm³/mol. The molecule has 0 fully saturated rings. The number of carbonyl (C=O) groups excluding carboxylic acids is 1. The fourth-order valence-electron chi connectivity index (χ4n) is 1.59. The van der Waals surface area contributed by atoms with Crippen molar-refractivity contribution >= 4 is 45.3 Å². The second-order valence-corrected chi connectivity index (χ2v) is 4.85. The molecular formula is C12H9N7O3S. The largest absolute Gasteiger partial charge is 0.504 e. The molecule has 3 aromatic heterocycles. The maximum absolute atomic E-state index is 11.2. The number of pyridine rings is 1. The zero-order chi connectivity index (χ0) is 16.2. The number of anilines is 1. The molecule has 0 aliphatic rings. The molecule has 10 nitrogen and oxygen atoms in total. The normalized spacial score (nSPS) is 11.0. The molecule has 0 saturated carbocycles. The van der Waals surface area contributed by atoms with Gasteiger partial charge in [0.15, 0.2) is 28.0 Å². The fraction of sp³-hybridized carbons (Fsp3) is 0.0833. The van der Waals surface area contributed by atoms with Gasteiger partial charge in [0.25, 0.3) is 0 Å². The van der Waals surface area contributed by atoms with Gasteiger partial charge in [-0.1, -0.05) is 0 Å². The average Bonchev–Trinajstić information content (AvgIpc) is 2.98. The second kappa shape index (κ2) is 6.27. The van der Waals surface area contributed by atoms with E-state index in [1.165, 1.54) is 25.6 Å². The third kappa shape index (κ3) is 3.18. The van der Waals surface area contributed by atoms with Gasteiger partial charge in [-0.05, 0) is 23.7 Å². The van der Waals surface area contributed by atoms with Crippen LogP contribution in [0.1, 0.15) is 0 Å². The highest BCUT2D eigenvalue weighted by Crippen LogP contribution is 2.30. The van der Waals surface area contributed by atoms with Gasteiger partial charge in [-0.25, -0.2) is 19.7 Å². The maximum atomic E-state index is 11.2. The minimum atomic E-state index is -0.757. The molecule has 3 rings (SSSR count). The van der Waals surface area contributed by atoms with E-state index < -0.39 is 6.09 Å². The van der Waals surface area contributed by atoms with E-state index in [1.54, 1.807) is 6.20 Å². The second-order valence-electron chi connectivity index (χ2n) is 4.10. The Morgan fingerprint density at radius 3 is 3.09 bits per heavy atom. The lowest BCUT2D eigenvalue weighted by molar-refractivity contribution is 0.186. The molecule has 0 aliphatic carbocycles. The maximum Gasteiger partial charge on any atom is 0.412 e. The van der Waals surface area contributed by atoms with Gasteiger partial charge >= 0.3 is 6.09 Å². The first-order chi connectivity index (χ1) is 11.2. The van der Waals surface area contributed by atoms with Gasteiger partial charge in [-0.3, -0.25) is 5.32 Å². The van der Waals surface area contributed by atoms with Crippen LogP contribution in [0.3, 0.4) is 0 Å². The fourth-order valence-corrected chi connectivity index (χ4v) is 2.23. The molecule has 11 heteroatoms. The highest BCUT2D eigenvalue weighted by molar-refractivity contribution is 7.11. The molecular weight excluding hydrogens is 322 g/mol. The van der Waals surface area contributed by atoms with Crippen molar-refractivity contribution in [2.45, 2.75) is 0 Å². The van der Waals surface area contributed by atoms with Crippen molar-refractivity contribution in [1.82, 2.24) is 19.3 Å². The molecule has 3 heterocycles. The highest BCUT2D eigenvalue weighted by atomic mass is 32.1. The summed E-state index contributed by atoms with van der Waals surface area (Å²) in [6.45, 7) is 0. The summed E-state index contributed by atoms with van der Waals surface area (Å²) in [6.07, 6.45) is 2.23. The van der Waals surface area contributed by atoms with Crippen molar-refractivity contribution in [2.75, 3.05) is 12.4 Å². The Morgan fingerprint density at radius 1 is 1.39 bits per heavy atom. The standard InChI is InChI=1S/C12H9N7O3S/c1-22-12(21)16-10-7(20)2-3-8(15-10)17-18-11-6-4-13-5-14-9(6)19-23-11/h2-5,20H,1H3,(H,15,16,21). The Bertz CT molecular complexity index is 895. The Labute approximate surface area is 133 Å². The monoisotopic (exact) mass is 331 g/mol. The molecule has 0 aromatic carbocycles. The van der Waals surface area contributed by atoms with Gasteiger partial charge in [0.2, 0.25) is 0 Å². The van der Waals surface area contributed by atoms with Gasteiger partial charge in [0, 0.05) is 6.20 Å². The van der Waals surface area contributed by atoms with Crippen molar-refractivity contribution in [3.63, 3.8) is 0 Å². The van der Waals surface area contributed by atoms with E-state index in [0.717, 1.165) is 11.5 Å². The number of fused-ring (bicyclic) bond motifs is 1. The number of carbonyl (C=O) groups is 1. The van der Waals surface area contributed by atoms with Crippen LogP contribution >= 0.6 is 11.5 Å². The van der Waals surface area contributed by atoms with E-state index in [1.807, 2.05) is 0 Å². The van der Waals surface area contributed by atoms with Crippen LogP contribution in [0.4, 0.5) is 21.4 Å². The average molecular weight is 331 g/mol. The Hall–Kier alpha value is -3.21. The van der Waals surface area contributed by atoms with Gasteiger partial charge < -0.3 is 9.84 Å². The zero-order valence-electron chi connectivity index (χ0n) is 11.7. The lowest BCUT2D eigenvalue weighted by Gasteiger charge is -2.04. The quantitative estimate of drug-likeness (QED) is 0.704. The van der Waals surface area contributed by atoms with E-state index in [9.17, 15) is 9.90 Å². The number of ether oxygens (including phenoxy) is 1. The van der Waals surface area contributed by atoms with Crippen LogP contribution in [0, 0.1) is 0 Å². The highest BCUT2D eigenvalue weighted by Gasteiger charge is 2.09. The van der Waals surface area contributed by atoms with E-state index in [4.69, 9.17) is 0 Å². The Morgan fingerprint density at radius 2 is 2.26 bits per heavy atom. The molecule has 0 atom stereocenters. The number of methoxy groups -OCH3 is 1. The summed E-state index contributed by atoms with van der Waals surface area (Å²) in [5.41, 5.74) is 0.533. The van der Waals surface area contributed by atoms with Crippen molar-refractivity contribution in [2.24, 2.45) is 10.2 Å². The lowest BCUT2D eigenvalue weighted by Crippen LogP contribution is -2.12. The lowest BCUT2D eigenvalue weighted by atomic mass is 10.4. The van der Waals surface area contributed by atoms with Crippen LogP contribution in [-0.4, -0.2) is 37.6 Å². The Kier molecular flexibility index (Phi) is 4.01. The molecule has 116 valence electrons. The smallest absolute Gasteiger partial charge is 0.412 e. The topological polar surface area (TPSA) is 135 Å². The molecule has 0 unspecified atom stereocenters. The molecule has 0 spiro atoms. The summed E-state index contributed by atoms with van der Waals surface area (Å²) in [5, 5.41) is 21.1. The summed E-state index contributed by atoms with van der Waals surface area (Å²) in [5.74, 6) is -0.107. The Balaban J connectivity index is 1.87. The molecule has 23 heavy (non-hydrogen) atoms. The molecule has 0 bridgehead atoms. The number of nitrogens with one attached hydrogen (secondary N) is 1. The van der Waals surface area contributed by atoms with Crippen molar-refractivity contribution < 1.29 is 14.6 Å². The molecule has 0 saturated heterocycles. The first-order valence-electron chi connectivity index (χ1n) is 6.19. The number of azo groups is 1. The van der Waals surface area contributed by atoms with Crippen LogP contribution in [0.2, 0.25) is 0 Å². The molecule has 0 radical (unpaired) electrons. The van der Waals surface area contributed by atoms with Crippen LogP contribution in [0.25, 0.3) is 11.0 Å². The minimum Gasteiger partial charge on any atom is -0.504 e. The van der Waals surface area contributed by atoms with Crippen molar-refractivity contribution in [1.29, 1.82) is 0 Å². The SMILES string of the molecule is COC(=O)Nc1nc(N=Nc2snc3ncncc23)ccc1O. The zero-order valence-corrected chi connectivity index (χ0v) is 12.5. The van der Waals surface area contributed by atoms with Crippen LogP contribution in [0.5, 0.6) is 5.75 Å². The summed E-state index contributed by atoms with van der Waals surface area (Å²) in [4.78, 5) is 23.1. The number of aromatic hydroxyl groups is 1. The minimum absolute atomic E-state index is 0.0780. The molecule has 1 amide bonds. The molecule has 2 N–H and O–H groups in total. The third-order valence-corrected chi connectivity index (χ3v) is 3.39. The van der Waals surface area contributed by atoms with Crippen LogP contribution in [0.15, 0.2) is 34.9 Å².